The van der Waals surface area contributed by atoms with Gasteiger partial charge in [0.1, 0.15) is 12.2 Å². The Bertz CT molecular complexity index is 249. The number of carbonyl (C=O) groups excluding carboxylic acids is 1. The molecular formula is C8H12Cl2O6. The second-order valence-electron chi connectivity index (χ2n) is 3.32. The molecule has 0 aromatic carbocycles. The van der Waals surface area contributed by atoms with E-state index in [0.29, 0.717) is 0 Å². The summed E-state index contributed by atoms with van der Waals surface area (Å²) in [4.78, 5) is 9.67. The fourth-order valence-corrected chi connectivity index (χ4v) is 1.43. The van der Waals surface area contributed by atoms with Crippen LogP contribution in [0, 0.1) is 0 Å². The standard InChI is InChI=1S/C8H12Cl2O6/c9-7(10)8(14)16-5-1-3(12)6(13)4(2-11)15-5/h3-7,11-13H,1-2H2. The van der Waals surface area contributed by atoms with Gasteiger partial charge in [0.25, 0.3) is 0 Å². The first-order valence-corrected chi connectivity index (χ1v) is 5.44. The van der Waals surface area contributed by atoms with Crippen LogP contribution in [0.3, 0.4) is 0 Å². The number of hydrogen-bond donors (Lipinski definition) is 3. The zero-order valence-electron chi connectivity index (χ0n) is 8.12. The largest absolute Gasteiger partial charge is 0.434 e. The summed E-state index contributed by atoms with van der Waals surface area (Å²) in [6, 6.07) is 0. The highest BCUT2D eigenvalue weighted by Gasteiger charge is 2.38. The van der Waals surface area contributed by atoms with E-state index in [1.807, 2.05) is 0 Å². The van der Waals surface area contributed by atoms with Crippen LogP contribution < -0.4 is 0 Å². The maximum Gasteiger partial charge on any atom is 0.341 e. The van der Waals surface area contributed by atoms with Crippen LogP contribution in [-0.4, -0.2) is 57.3 Å². The van der Waals surface area contributed by atoms with Crippen molar-refractivity contribution in [1.82, 2.24) is 0 Å². The molecule has 94 valence electrons. The fourth-order valence-electron chi connectivity index (χ4n) is 1.32. The lowest BCUT2D eigenvalue weighted by atomic mass is 10.0. The highest BCUT2D eigenvalue weighted by atomic mass is 35.5. The second-order valence-corrected chi connectivity index (χ2v) is 4.41. The zero-order valence-corrected chi connectivity index (χ0v) is 9.64. The Morgan fingerprint density at radius 3 is 2.62 bits per heavy atom. The quantitative estimate of drug-likeness (QED) is 0.459. The molecule has 0 spiro atoms. The maximum atomic E-state index is 11.0. The number of rotatable bonds is 3. The van der Waals surface area contributed by atoms with Gasteiger partial charge in [0.2, 0.25) is 11.1 Å². The third-order valence-electron chi connectivity index (χ3n) is 2.14. The smallest absolute Gasteiger partial charge is 0.341 e. The zero-order chi connectivity index (χ0) is 12.3. The predicted molar refractivity (Wildman–Crippen MR) is 54.0 cm³/mol. The third-order valence-corrected chi connectivity index (χ3v) is 2.50. The van der Waals surface area contributed by atoms with Crippen LogP contribution in [-0.2, 0) is 14.3 Å². The van der Waals surface area contributed by atoms with Crippen molar-refractivity contribution in [3.05, 3.63) is 0 Å². The van der Waals surface area contributed by atoms with Gasteiger partial charge in [0, 0.05) is 6.42 Å². The van der Waals surface area contributed by atoms with Crippen LogP contribution in [0.4, 0.5) is 0 Å². The van der Waals surface area contributed by atoms with Crippen LogP contribution >= 0.6 is 23.2 Å². The molecule has 1 heterocycles. The van der Waals surface area contributed by atoms with Crippen LogP contribution in [0.25, 0.3) is 0 Å². The topological polar surface area (TPSA) is 96.2 Å². The number of alkyl halides is 2. The molecule has 1 aliphatic heterocycles. The summed E-state index contributed by atoms with van der Waals surface area (Å²) in [6.45, 7) is -0.503. The molecule has 3 N–H and O–H groups in total. The molecule has 1 aliphatic rings. The van der Waals surface area contributed by atoms with Gasteiger partial charge in [0.15, 0.2) is 0 Å². The Morgan fingerprint density at radius 1 is 1.50 bits per heavy atom. The molecule has 1 rings (SSSR count). The monoisotopic (exact) mass is 274 g/mol. The molecule has 0 bridgehead atoms. The Hall–Kier alpha value is -0.110. The van der Waals surface area contributed by atoms with E-state index >= 15 is 0 Å². The number of hydrogen-bond acceptors (Lipinski definition) is 6. The van der Waals surface area contributed by atoms with E-state index in [1.54, 1.807) is 0 Å². The van der Waals surface area contributed by atoms with Gasteiger partial charge in [-0.25, -0.2) is 4.79 Å². The molecule has 0 aromatic rings. The van der Waals surface area contributed by atoms with Gasteiger partial charge < -0.3 is 24.8 Å². The normalized spacial score (nSPS) is 35.1. The number of esters is 1. The molecule has 0 saturated carbocycles. The van der Waals surface area contributed by atoms with E-state index < -0.39 is 42.0 Å². The molecule has 0 aromatic heterocycles. The molecule has 1 fully saturated rings. The number of halogens is 2. The van der Waals surface area contributed by atoms with Gasteiger partial charge in [-0.1, -0.05) is 23.2 Å². The van der Waals surface area contributed by atoms with Crippen LogP contribution in [0.15, 0.2) is 0 Å². The lowest BCUT2D eigenvalue weighted by Gasteiger charge is -2.35. The van der Waals surface area contributed by atoms with Crippen molar-refractivity contribution < 1.29 is 29.6 Å². The van der Waals surface area contributed by atoms with Crippen molar-refractivity contribution in [2.75, 3.05) is 6.61 Å². The fraction of sp³-hybridized carbons (Fsp3) is 0.875. The minimum Gasteiger partial charge on any atom is -0.434 e. The first kappa shape index (κ1) is 14.0. The van der Waals surface area contributed by atoms with Crippen molar-refractivity contribution in [2.24, 2.45) is 0 Å². The van der Waals surface area contributed by atoms with Gasteiger partial charge in [-0.2, -0.15) is 0 Å². The summed E-state index contributed by atoms with van der Waals surface area (Å²) in [6.07, 6.45) is -4.56. The van der Waals surface area contributed by atoms with E-state index in [-0.39, 0.29) is 6.42 Å². The molecule has 8 heteroatoms. The molecular weight excluding hydrogens is 263 g/mol. The van der Waals surface area contributed by atoms with Crippen molar-refractivity contribution in [3.8, 4) is 0 Å². The average Bonchev–Trinajstić information content (AvgIpc) is 2.22. The summed E-state index contributed by atoms with van der Waals surface area (Å²) in [5.74, 6) is -0.909. The third kappa shape index (κ3) is 3.44. The van der Waals surface area contributed by atoms with E-state index in [1.165, 1.54) is 0 Å². The summed E-state index contributed by atoms with van der Waals surface area (Å²) >= 11 is 10.5. The lowest BCUT2D eigenvalue weighted by molar-refractivity contribution is -0.250. The second kappa shape index (κ2) is 6.00. The minimum absolute atomic E-state index is 0.107. The van der Waals surface area contributed by atoms with Crippen LogP contribution in [0.1, 0.15) is 6.42 Å². The van der Waals surface area contributed by atoms with E-state index in [4.69, 9.17) is 37.8 Å². The highest BCUT2D eigenvalue weighted by Crippen LogP contribution is 2.22. The van der Waals surface area contributed by atoms with Crippen molar-refractivity contribution in [3.63, 3.8) is 0 Å². The van der Waals surface area contributed by atoms with Gasteiger partial charge in [-0.15, -0.1) is 0 Å². The molecule has 0 amide bonds. The van der Waals surface area contributed by atoms with Gasteiger partial charge in [0.05, 0.1) is 12.7 Å². The molecule has 16 heavy (non-hydrogen) atoms. The van der Waals surface area contributed by atoms with Crippen molar-refractivity contribution in [1.29, 1.82) is 0 Å². The highest BCUT2D eigenvalue weighted by molar-refractivity contribution is 6.52. The van der Waals surface area contributed by atoms with Gasteiger partial charge >= 0.3 is 5.97 Å². The first-order chi connectivity index (χ1) is 7.45. The molecule has 0 aliphatic carbocycles. The molecule has 0 radical (unpaired) electrons. The number of ether oxygens (including phenoxy) is 2. The predicted octanol–water partition coefficient (Wildman–Crippen LogP) is -0.838. The van der Waals surface area contributed by atoms with Crippen molar-refractivity contribution >= 4 is 29.2 Å². The summed E-state index contributed by atoms with van der Waals surface area (Å²) in [7, 11) is 0. The van der Waals surface area contributed by atoms with Crippen LogP contribution in [0.5, 0.6) is 0 Å². The number of carbonyl (C=O) groups is 1. The molecule has 6 nitrogen and oxygen atoms in total. The molecule has 1 saturated heterocycles. The maximum absolute atomic E-state index is 11.0. The number of aliphatic hydroxyl groups is 3. The Balaban J connectivity index is 2.53. The van der Waals surface area contributed by atoms with E-state index in [0.717, 1.165) is 0 Å². The van der Waals surface area contributed by atoms with Gasteiger partial charge in [-0.3, -0.25) is 0 Å². The first-order valence-electron chi connectivity index (χ1n) is 4.56. The van der Waals surface area contributed by atoms with Gasteiger partial charge in [-0.05, 0) is 0 Å². The number of aliphatic hydroxyl groups excluding tert-OH is 3. The lowest BCUT2D eigenvalue weighted by Crippen LogP contribution is -2.51. The molecule has 4 atom stereocenters. The summed E-state index contributed by atoms with van der Waals surface area (Å²) in [5, 5.41) is 27.6. The van der Waals surface area contributed by atoms with E-state index in [9.17, 15) is 15.0 Å². The summed E-state index contributed by atoms with van der Waals surface area (Å²) < 4.78 is 9.72. The Morgan fingerprint density at radius 2 is 2.12 bits per heavy atom. The summed E-state index contributed by atoms with van der Waals surface area (Å²) in [5.41, 5.74) is 0. The average molecular weight is 275 g/mol. The SMILES string of the molecule is O=C(OC1CC(O)C(O)C(CO)O1)C(Cl)Cl. The van der Waals surface area contributed by atoms with E-state index in [2.05, 4.69) is 0 Å². The molecule has 4 unspecified atom stereocenters. The minimum atomic E-state index is -1.35. The Labute approximate surface area is 102 Å². The van der Waals surface area contributed by atoms with Crippen LogP contribution in [0.2, 0.25) is 0 Å². The Kier molecular flexibility index (Phi) is 5.23. The van der Waals surface area contributed by atoms with Crippen molar-refractivity contribution in [2.45, 2.75) is 35.9 Å².